The van der Waals surface area contributed by atoms with Gasteiger partial charge in [0.1, 0.15) is 6.54 Å². The number of carbonyl (C=O) groups is 3. The summed E-state index contributed by atoms with van der Waals surface area (Å²) in [6.07, 6.45) is 0.877. The van der Waals surface area contributed by atoms with Crippen LogP contribution in [0.4, 0.5) is 5.69 Å². The lowest BCUT2D eigenvalue weighted by atomic mass is 9.73. The molecule has 6 heteroatoms. The van der Waals surface area contributed by atoms with Crippen molar-refractivity contribution in [1.82, 2.24) is 5.32 Å². The summed E-state index contributed by atoms with van der Waals surface area (Å²) in [6.45, 7) is -0.422. The second kappa shape index (κ2) is 7.61. The predicted octanol–water partition coefficient (Wildman–Crippen LogP) is 2.12. The van der Waals surface area contributed by atoms with Crippen molar-refractivity contribution >= 4 is 23.5 Å². The van der Waals surface area contributed by atoms with Crippen LogP contribution in [0.1, 0.15) is 24.0 Å². The lowest BCUT2D eigenvalue weighted by Crippen LogP contribution is -2.42. The van der Waals surface area contributed by atoms with Gasteiger partial charge in [-0.2, -0.15) is 0 Å². The second-order valence-electron chi connectivity index (χ2n) is 6.80. The molecule has 2 aromatic rings. The Morgan fingerprint density at radius 3 is 2.44 bits per heavy atom. The summed E-state index contributed by atoms with van der Waals surface area (Å²) in [5.74, 6) is -1.51. The maximum atomic E-state index is 13.3. The first-order chi connectivity index (χ1) is 12.9. The first-order valence-corrected chi connectivity index (χ1v) is 8.84. The molecule has 6 nitrogen and oxygen atoms in total. The van der Waals surface area contributed by atoms with Gasteiger partial charge in [0.05, 0.1) is 5.41 Å². The number of carbonyl (C=O) groups excluding carboxylic acids is 2. The van der Waals surface area contributed by atoms with Gasteiger partial charge < -0.3 is 15.3 Å². The quantitative estimate of drug-likeness (QED) is 0.786. The molecule has 0 bridgehead atoms. The number of rotatable bonds is 7. The summed E-state index contributed by atoms with van der Waals surface area (Å²) < 4.78 is 0. The fourth-order valence-electron chi connectivity index (χ4n) is 3.75. The molecule has 0 saturated heterocycles. The largest absolute Gasteiger partial charge is 0.480 e. The highest BCUT2D eigenvalue weighted by molar-refractivity contribution is 6.08. The number of aliphatic carboxylic acids is 1. The number of anilines is 1. The molecule has 2 aromatic carbocycles. The highest BCUT2D eigenvalue weighted by Gasteiger charge is 2.49. The Bertz CT molecular complexity index is 865. The summed E-state index contributed by atoms with van der Waals surface area (Å²) in [7, 11) is 1.75. The zero-order chi connectivity index (χ0) is 19.4. The van der Waals surface area contributed by atoms with Crippen LogP contribution < -0.4 is 10.2 Å². The molecule has 140 valence electrons. The fraction of sp³-hybridized carbons (Fsp3) is 0.286. The highest BCUT2D eigenvalue weighted by Crippen LogP contribution is 2.46. The number of nitrogens with zero attached hydrogens (tertiary/aromatic N) is 1. The van der Waals surface area contributed by atoms with Gasteiger partial charge in [-0.3, -0.25) is 14.4 Å². The van der Waals surface area contributed by atoms with Gasteiger partial charge in [-0.15, -0.1) is 0 Å². The minimum atomic E-state index is -1.09. The molecule has 0 aliphatic carbocycles. The predicted molar refractivity (Wildman–Crippen MR) is 102 cm³/mol. The van der Waals surface area contributed by atoms with Gasteiger partial charge in [0, 0.05) is 19.2 Å². The Morgan fingerprint density at radius 2 is 1.74 bits per heavy atom. The van der Waals surface area contributed by atoms with Crippen LogP contribution in [0.15, 0.2) is 54.6 Å². The van der Waals surface area contributed by atoms with E-state index in [0.717, 1.165) is 16.8 Å². The van der Waals surface area contributed by atoms with Crippen LogP contribution in [0.5, 0.6) is 0 Å². The van der Waals surface area contributed by atoms with E-state index in [1.54, 1.807) is 11.9 Å². The van der Waals surface area contributed by atoms with Crippen molar-refractivity contribution in [2.24, 2.45) is 0 Å². The Labute approximate surface area is 157 Å². The first-order valence-electron chi connectivity index (χ1n) is 8.84. The average molecular weight is 366 g/mol. The van der Waals surface area contributed by atoms with E-state index in [1.807, 2.05) is 54.6 Å². The standard InChI is InChI=1S/C21H22N2O4/c1-23-17-10-6-5-9-16(17)21(20(23)27,13-15-7-3-2-4-8-15)12-11-18(24)22-14-19(25)26/h2-10H,11-14H2,1H3,(H,22,24)(H,25,26)/t21-/m0/s1. The van der Waals surface area contributed by atoms with Gasteiger partial charge in [0.2, 0.25) is 11.8 Å². The van der Waals surface area contributed by atoms with Gasteiger partial charge in [0.25, 0.3) is 0 Å². The van der Waals surface area contributed by atoms with Crippen LogP contribution in [0.2, 0.25) is 0 Å². The number of para-hydroxylation sites is 1. The molecular formula is C21H22N2O4. The molecular weight excluding hydrogens is 344 g/mol. The number of amides is 2. The average Bonchev–Trinajstić information content (AvgIpc) is 2.88. The van der Waals surface area contributed by atoms with Crippen LogP contribution in [-0.4, -0.2) is 36.5 Å². The molecule has 27 heavy (non-hydrogen) atoms. The third-order valence-electron chi connectivity index (χ3n) is 5.06. The van der Waals surface area contributed by atoms with Crippen molar-refractivity contribution in [2.45, 2.75) is 24.7 Å². The van der Waals surface area contributed by atoms with Gasteiger partial charge >= 0.3 is 5.97 Å². The number of carboxylic acid groups (broad SMARTS) is 1. The SMILES string of the molecule is CN1C(=O)[C@@](CCC(=O)NCC(=O)O)(Cc2ccccc2)c2ccccc21. The van der Waals surface area contributed by atoms with Crippen molar-refractivity contribution in [2.75, 3.05) is 18.5 Å². The molecule has 2 amide bonds. The van der Waals surface area contributed by atoms with E-state index in [0.29, 0.717) is 12.8 Å². The van der Waals surface area contributed by atoms with E-state index in [9.17, 15) is 14.4 Å². The number of hydrogen-bond donors (Lipinski definition) is 2. The number of benzene rings is 2. The van der Waals surface area contributed by atoms with Crippen LogP contribution >= 0.6 is 0 Å². The molecule has 1 heterocycles. The van der Waals surface area contributed by atoms with Gasteiger partial charge in [-0.05, 0) is 30.0 Å². The minimum Gasteiger partial charge on any atom is -0.480 e. The number of carboxylic acids is 1. The fourth-order valence-corrected chi connectivity index (χ4v) is 3.75. The van der Waals surface area contributed by atoms with E-state index in [-0.39, 0.29) is 18.2 Å². The summed E-state index contributed by atoms with van der Waals surface area (Å²) in [5, 5.41) is 11.1. The molecule has 3 rings (SSSR count). The van der Waals surface area contributed by atoms with Crippen molar-refractivity contribution < 1.29 is 19.5 Å². The summed E-state index contributed by atoms with van der Waals surface area (Å²) in [4.78, 5) is 37.7. The lowest BCUT2D eigenvalue weighted by Gasteiger charge is -2.28. The van der Waals surface area contributed by atoms with E-state index >= 15 is 0 Å². The van der Waals surface area contributed by atoms with E-state index in [2.05, 4.69) is 5.32 Å². The number of fused-ring (bicyclic) bond motifs is 1. The topological polar surface area (TPSA) is 86.7 Å². The Kier molecular flexibility index (Phi) is 5.26. The molecule has 0 unspecified atom stereocenters. The van der Waals surface area contributed by atoms with Gasteiger partial charge in [0.15, 0.2) is 0 Å². The van der Waals surface area contributed by atoms with Crippen molar-refractivity contribution in [3.05, 3.63) is 65.7 Å². The number of likely N-dealkylation sites (N-methyl/N-ethyl adjacent to an activating group) is 1. The van der Waals surface area contributed by atoms with Crippen molar-refractivity contribution in [3.8, 4) is 0 Å². The van der Waals surface area contributed by atoms with Crippen molar-refractivity contribution in [1.29, 1.82) is 0 Å². The summed E-state index contributed by atoms with van der Waals surface area (Å²) in [6, 6.07) is 17.4. The van der Waals surface area contributed by atoms with Crippen LogP contribution in [0.3, 0.4) is 0 Å². The maximum Gasteiger partial charge on any atom is 0.322 e. The molecule has 1 aliphatic rings. The second-order valence-corrected chi connectivity index (χ2v) is 6.80. The normalized spacial score (nSPS) is 18.3. The van der Waals surface area contributed by atoms with Crippen LogP contribution in [-0.2, 0) is 26.2 Å². The molecule has 0 fully saturated rings. The molecule has 0 spiro atoms. The molecule has 2 N–H and O–H groups in total. The Morgan fingerprint density at radius 1 is 1.07 bits per heavy atom. The van der Waals surface area contributed by atoms with E-state index in [1.165, 1.54) is 0 Å². The monoisotopic (exact) mass is 366 g/mol. The maximum absolute atomic E-state index is 13.3. The number of hydrogen-bond acceptors (Lipinski definition) is 3. The van der Waals surface area contributed by atoms with Gasteiger partial charge in [-0.1, -0.05) is 48.5 Å². The van der Waals surface area contributed by atoms with Crippen molar-refractivity contribution in [3.63, 3.8) is 0 Å². The zero-order valence-electron chi connectivity index (χ0n) is 15.1. The molecule has 1 aliphatic heterocycles. The molecule has 0 radical (unpaired) electrons. The summed E-state index contributed by atoms with van der Waals surface area (Å²) >= 11 is 0. The highest BCUT2D eigenvalue weighted by atomic mass is 16.4. The molecule has 0 aromatic heterocycles. The lowest BCUT2D eigenvalue weighted by molar-refractivity contribution is -0.138. The van der Waals surface area contributed by atoms with Crippen LogP contribution in [0.25, 0.3) is 0 Å². The summed E-state index contributed by atoms with van der Waals surface area (Å²) in [5.41, 5.74) is 1.94. The third kappa shape index (κ3) is 3.69. The first kappa shape index (κ1) is 18.6. The minimum absolute atomic E-state index is 0.0430. The zero-order valence-corrected chi connectivity index (χ0v) is 15.1. The van der Waals surface area contributed by atoms with Gasteiger partial charge in [-0.25, -0.2) is 0 Å². The van der Waals surface area contributed by atoms with E-state index in [4.69, 9.17) is 5.11 Å². The third-order valence-corrected chi connectivity index (χ3v) is 5.06. The molecule has 1 atom stereocenters. The smallest absolute Gasteiger partial charge is 0.322 e. The number of nitrogens with one attached hydrogen (secondary N) is 1. The Balaban J connectivity index is 1.92. The Hall–Kier alpha value is -3.15. The molecule has 0 saturated carbocycles. The van der Waals surface area contributed by atoms with E-state index < -0.39 is 17.9 Å². The van der Waals surface area contributed by atoms with Crippen LogP contribution in [0, 0.1) is 0 Å².